The van der Waals surface area contributed by atoms with E-state index in [1.165, 1.54) is 30.5 Å². The molecule has 58 heavy (non-hydrogen) atoms. The molecular weight excluding hydrogens is 754 g/mol. The van der Waals surface area contributed by atoms with E-state index >= 15 is 0 Å². The van der Waals surface area contributed by atoms with E-state index in [1.807, 2.05) is 6.92 Å². The van der Waals surface area contributed by atoms with Gasteiger partial charge in [-0.2, -0.15) is 0 Å². The highest BCUT2D eigenvalue weighted by atomic mass is 35.5. The number of fused-ring (bicyclic) bond motifs is 7. The standard InChI is InChI=1S/C47H66ClN3O7/c1-25(2)40-39(53)24-46(19-21-50-44(57)47(58,18-20-49)51-42(54)28-6-8-30(48)9-7-28)17-15-31-32-10-12-36-26(3)29(22-38(52)34-23-35(27(34)4)43(55)56)14-16-45(36,5)37(32)13-11-33(31)41(40)46/h6-9,25-27,29,31-37,58H,10-24,49H2,1-5H3,(H,50,57)(H,51,54)(H,55,56). The van der Waals surface area contributed by atoms with Gasteiger partial charge in [-0.3, -0.25) is 24.0 Å². The molecule has 6 aliphatic rings. The summed E-state index contributed by atoms with van der Waals surface area (Å²) in [6, 6.07) is 6.19. The number of hydrogen-bond acceptors (Lipinski definition) is 7. The van der Waals surface area contributed by atoms with Crippen LogP contribution in [-0.2, 0) is 19.2 Å². The highest BCUT2D eigenvalue weighted by molar-refractivity contribution is 6.30. The van der Waals surface area contributed by atoms with Crippen molar-refractivity contribution in [3.8, 4) is 0 Å². The molecular formula is C47H66ClN3O7. The zero-order chi connectivity index (χ0) is 41.9. The van der Waals surface area contributed by atoms with Gasteiger partial charge in [-0.05, 0) is 159 Å². The summed E-state index contributed by atoms with van der Waals surface area (Å²) in [5.74, 6) is 1.41. The SMILES string of the molecule is CC(C)C1=C2C3CCC4C(CCC5C(C)C(CC(=O)C6CC(C(=O)O)C6C)CCC54C)C3CCC2(CCNC(=O)C(O)(CCN)NC(=O)c2ccc(Cl)cc2)CC1=O. The van der Waals surface area contributed by atoms with Crippen molar-refractivity contribution in [3.63, 3.8) is 0 Å². The molecule has 13 atom stereocenters. The first kappa shape index (κ1) is 43.0. The van der Waals surface area contributed by atoms with Crippen molar-refractivity contribution in [1.29, 1.82) is 0 Å². The number of rotatable bonds is 13. The van der Waals surface area contributed by atoms with Crippen LogP contribution in [-0.4, -0.2) is 58.4 Å². The Morgan fingerprint density at radius 1 is 0.948 bits per heavy atom. The average Bonchev–Trinajstić information content (AvgIpc) is 3.47. The van der Waals surface area contributed by atoms with Gasteiger partial charge in [0.25, 0.3) is 11.8 Å². The van der Waals surface area contributed by atoms with E-state index in [9.17, 15) is 34.2 Å². The van der Waals surface area contributed by atoms with Crippen molar-refractivity contribution < 1.29 is 34.2 Å². The Hall–Kier alpha value is -3.08. The number of aliphatic hydroxyl groups is 1. The maximum atomic E-state index is 14.0. The van der Waals surface area contributed by atoms with Gasteiger partial charge in [0.1, 0.15) is 5.78 Å². The second-order valence-corrected chi connectivity index (χ2v) is 20.5. The van der Waals surface area contributed by atoms with Crippen LogP contribution in [0.2, 0.25) is 5.02 Å². The van der Waals surface area contributed by atoms with Gasteiger partial charge in [-0.15, -0.1) is 0 Å². The van der Waals surface area contributed by atoms with Crippen molar-refractivity contribution in [3.05, 3.63) is 46.0 Å². The second-order valence-electron chi connectivity index (χ2n) is 20.0. The number of hydrogen-bond donors (Lipinski definition) is 5. The average molecular weight is 821 g/mol. The zero-order valence-electron chi connectivity index (χ0n) is 35.2. The second kappa shape index (κ2) is 16.4. The molecule has 0 aliphatic heterocycles. The van der Waals surface area contributed by atoms with Crippen molar-refractivity contribution >= 4 is 41.0 Å². The minimum absolute atomic E-state index is 0.0195. The van der Waals surface area contributed by atoms with Crippen LogP contribution < -0.4 is 16.4 Å². The molecule has 1 aromatic rings. The van der Waals surface area contributed by atoms with E-state index < -0.39 is 23.5 Å². The van der Waals surface area contributed by atoms with Crippen molar-refractivity contribution in [2.75, 3.05) is 13.1 Å². The Labute approximate surface area is 349 Å². The Kier molecular flexibility index (Phi) is 12.2. The molecule has 318 valence electrons. The monoisotopic (exact) mass is 819 g/mol. The topological polar surface area (TPSA) is 176 Å². The first-order valence-corrected chi connectivity index (χ1v) is 22.6. The maximum Gasteiger partial charge on any atom is 0.306 e. The lowest BCUT2D eigenvalue weighted by molar-refractivity contribution is -0.154. The van der Waals surface area contributed by atoms with Gasteiger partial charge in [0, 0.05) is 47.7 Å². The number of nitrogens with one attached hydrogen (secondary N) is 2. The summed E-state index contributed by atoms with van der Waals surface area (Å²) in [5.41, 5.74) is 6.09. The fraction of sp³-hybridized carbons (Fsp3) is 0.723. The summed E-state index contributed by atoms with van der Waals surface area (Å²) >= 11 is 5.98. The van der Waals surface area contributed by atoms with E-state index in [1.54, 1.807) is 12.1 Å². The summed E-state index contributed by atoms with van der Waals surface area (Å²) in [5, 5.41) is 26.8. The zero-order valence-corrected chi connectivity index (χ0v) is 35.9. The number of carboxylic acids is 1. The largest absolute Gasteiger partial charge is 0.481 e. The third-order valence-corrected chi connectivity index (χ3v) is 17.3. The summed E-state index contributed by atoms with van der Waals surface area (Å²) < 4.78 is 0. The molecule has 0 heterocycles. The summed E-state index contributed by atoms with van der Waals surface area (Å²) in [7, 11) is 0. The van der Waals surface area contributed by atoms with Crippen LogP contribution in [0.5, 0.6) is 0 Å². The van der Waals surface area contributed by atoms with Gasteiger partial charge in [0.05, 0.1) is 5.92 Å². The smallest absolute Gasteiger partial charge is 0.306 e. The van der Waals surface area contributed by atoms with Gasteiger partial charge in [0.2, 0.25) is 5.72 Å². The van der Waals surface area contributed by atoms with Crippen molar-refractivity contribution in [2.24, 2.45) is 81.7 Å². The molecule has 6 aliphatic carbocycles. The van der Waals surface area contributed by atoms with Crippen LogP contribution in [0.25, 0.3) is 0 Å². The molecule has 0 radical (unpaired) electrons. The quantitative estimate of drug-likeness (QED) is 0.128. The lowest BCUT2D eigenvalue weighted by Crippen LogP contribution is -2.60. The summed E-state index contributed by atoms with van der Waals surface area (Å²) in [6.07, 6.45) is 10.6. The van der Waals surface area contributed by atoms with Gasteiger partial charge in [0.15, 0.2) is 5.78 Å². The third kappa shape index (κ3) is 7.50. The van der Waals surface area contributed by atoms with Crippen LogP contribution >= 0.6 is 11.6 Å². The Morgan fingerprint density at radius 3 is 2.31 bits per heavy atom. The molecule has 2 amide bonds. The molecule has 7 rings (SSSR count). The van der Waals surface area contributed by atoms with Gasteiger partial charge in [-0.25, -0.2) is 0 Å². The predicted molar refractivity (Wildman–Crippen MR) is 222 cm³/mol. The minimum atomic E-state index is -2.20. The van der Waals surface area contributed by atoms with E-state index in [-0.39, 0.29) is 71.1 Å². The maximum absolute atomic E-state index is 14.0. The predicted octanol–water partition coefficient (Wildman–Crippen LogP) is 7.36. The van der Waals surface area contributed by atoms with Crippen LogP contribution in [0.15, 0.2) is 35.4 Å². The number of benzene rings is 1. The minimum Gasteiger partial charge on any atom is -0.481 e. The first-order valence-electron chi connectivity index (χ1n) is 22.3. The molecule has 5 saturated carbocycles. The van der Waals surface area contributed by atoms with Crippen LogP contribution in [0.4, 0.5) is 0 Å². The number of amides is 2. The van der Waals surface area contributed by atoms with Gasteiger partial charge >= 0.3 is 5.97 Å². The van der Waals surface area contributed by atoms with Crippen molar-refractivity contribution in [2.45, 2.75) is 124 Å². The van der Waals surface area contributed by atoms with E-state index in [2.05, 4.69) is 38.3 Å². The number of aliphatic carboxylic acids is 1. The summed E-state index contributed by atoms with van der Waals surface area (Å²) in [4.78, 5) is 65.6. The highest BCUT2D eigenvalue weighted by Crippen LogP contribution is 2.68. The molecule has 6 N–H and O–H groups in total. The third-order valence-electron chi connectivity index (χ3n) is 17.0. The Morgan fingerprint density at radius 2 is 1.66 bits per heavy atom. The molecule has 1 aromatic carbocycles. The number of carboxylic acid groups (broad SMARTS) is 1. The van der Waals surface area contributed by atoms with E-state index in [0.717, 1.165) is 44.1 Å². The van der Waals surface area contributed by atoms with Crippen LogP contribution in [0, 0.1) is 75.9 Å². The molecule has 5 fully saturated rings. The molecule has 10 nitrogen and oxygen atoms in total. The number of halogens is 1. The fourth-order valence-corrected chi connectivity index (χ4v) is 14.1. The summed E-state index contributed by atoms with van der Waals surface area (Å²) in [6.45, 7) is 11.4. The Bertz CT molecular complexity index is 1830. The molecule has 0 spiro atoms. The van der Waals surface area contributed by atoms with Crippen LogP contribution in [0.3, 0.4) is 0 Å². The highest BCUT2D eigenvalue weighted by Gasteiger charge is 2.61. The number of ketones is 2. The number of carbonyl (C=O) groups is 5. The molecule has 13 unspecified atom stereocenters. The van der Waals surface area contributed by atoms with Crippen molar-refractivity contribution in [1.82, 2.24) is 10.6 Å². The fourth-order valence-electron chi connectivity index (χ4n) is 14.0. The van der Waals surface area contributed by atoms with Gasteiger partial charge in [-0.1, -0.05) is 51.8 Å². The molecule has 0 aromatic heterocycles. The number of allylic oxidation sites excluding steroid dienone is 2. The Balaban J connectivity index is 1.03. The molecule has 0 bridgehead atoms. The van der Waals surface area contributed by atoms with Gasteiger partial charge < -0.3 is 26.6 Å². The number of Topliss-reactive ketones (excluding diaryl/α,β-unsaturated/α-hetero) is 2. The lowest BCUT2D eigenvalue weighted by atomic mass is 9.42. The molecule has 11 heteroatoms. The number of carbonyl (C=O) groups excluding carboxylic acids is 4. The number of nitrogens with two attached hydrogens (primary N) is 1. The molecule has 0 saturated heterocycles. The van der Waals surface area contributed by atoms with E-state index in [4.69, 9.17) is 17.3 Å². The first-order chi connectivity index (χ1) is 27.4. The van der Waals surface area contributed by atoms with E-state index in [0.29, 0.717) is 72.1 Å². The normalized spacial score (nSPS) is 37.7. The van der Waals surface area contributed by atoms with Crippen LogP contribution in [0.1, 0.15) is 128 Å². The lowest BCUT2D eigenvalue weighted by Gasteiger charge is -2.63.